The van der Waals surface area contributed by atoms with E-state index in [-0.39, 0.29) is 0 Å². The summed E-state index contributed by atoms with van der Waals surface area (Å²) >= 11 is 1.75. The molecule has 2 aromatic rings. The minimum Gasteiger partial charge on any atom is -0.463 e. The van der Waals surface area contributed by atoms with E-state index in [1.54, 1.807) is 17.6 Å². The van der Waals surface area contributed by atoms with Crippen LogP contribution in [0, 0.1) is 12.8 Å². The highest BCUT2D eigenvalue weighted by Gasteiger charge is 2.20. The third-order valence-electron chi connectivity index (χ3n) is 3.00. The van der Waals surface area contributed by atoms with Crippen LogP contribution in [-0.2, 0) is 6.54 Å². The van der Waals surface area contributed by atoms with Gasteiger partial charge in [-0.3, -0.25) is 0 Å². The lowest BCUT2D eigenvalue weighted by Crippen LogP contribution is -2.15. The van der Waals surface area contributed by atoms with E-state index in [1.165, 1.54) is 17.7 Å². The molecular weight excluding hydrogens is 232 g/mol. The monoisotopic (exact) mass is 248 g/mol. The minimum atomic E-state index is 0.868. The Morgan fingerprint density at radius 3 is 3.12 bits per heavy atom. The van der Waals surface area contributed by atoms with Crippen molar-refractivity contribution in [3.63, 3.8) is 0 Å². The largest absolute Gasteiger partial charge is 0.463 e. The predicted octanol–water partition coefficient (Wildman–Crippen LogP) is 3.21. The lowest BCUT2D eigenvalue weighted by Gasteiger charge is -1.98. The number of aryl methyl sites for hydroxylation is 1. The van der Waals surface area contributed by atoms with Crippen LogP contribution in [0.5, 0.6) is 0 Å². The standard InChI is InChI=1S/C13H16N2OS/c1-9-13(11-3-2-6-16-11)15-12(17-9)8-14-7-10-4-5-10/h2-3,6,10,14H,4-5,7-8H2,1H3. The average molecular weight is 248 g/mol. The highest BCUT2D eigenvalue weighted by molar-refractivity contribution is 7.12. The van der Waals surface area contributed by atoms with Crippen LogP contribution in [-0.4, -0.2) is 11.5 Å². The predicted molar refractivity (Wildman–Crippen MR) is 69.0 cm³/mol. The number of hydrogen-bond donors (Lipinski definition) is 1. The van der Waals surface area contributed by atoms with E-state index in [1.807, 2.05) is 12.1 Å². The molecular formula is C13H16N2OS. The summed E-state index contributed by atoms with van der Waals surface area (Å²) in [7, 11) is 0. The zero-order valence-corrected chi connectivity index (χ0v) is 10.7. The molecule has 1 aliphatic rings. The van der Waals surface area contributed by atoms with Crippen molar-refractivity contribution < 1.29 is 4.42 Å². The van der Waals surface area contributed by atoms with Gasteiger partial charge in [-0.25, -0.2) is 4.98 Å². The molecule has 0 aromatic carbocycles. The summed E-state index contributed by atoms with van der Waals surface area (Å²) in [6, 6.07) is 3.86. The van der Waals surface area contributed by atoms with Crippen molar-refractivity contribution in [3.8, 4) is 11.5 Å². The van der Waals surface area contributed by atoms with Crippen molar-refractivity contribution in [2.24, 2.45) is 5.92 Å². The molecule has 1 aliphatic carbocycles. The Kier molecular flexibility index (Phi) is 2.99. The molecule has 0 spiro atoms. The lowest BCUT2D eigenvalue weighted by molar-refractivity contribution is 0.579. The second-order valence-electron chi connectivity index (χ2n) is 4.56. The summed E-state index contributed by atoms with van der Waals surface area (Å²) in [6.45, 7) is 4.11. The van der Waals surface area contributed by atoms with Crippen molar-refractivity contribution in [2.75, 3.05) is 6.54 Å². The first-order valence-electron chi connectivity index (χ1n) is 6.04. The SMILES string of the molecule is Cc1sc(CNCC2CC2)nc1-c1ccco1. The van der Waals surface area contributed by atoms with E-state index in [0.29, 0.717) is 0 Å². The fourth-order valence-electron chi connectivity index (χ4n) is 1.87. The molecule has 4 heteroatoms. The second kappa shape index (κ2) is 4.63. The summed E-state index contributed by atoms with van der Waals surface area (Å²) in [5.41, 5.74) is 0.989. The van der Waals surface area contributed by atoms with Gasteiger partial charge in [0.15, 0.2) is 5.76 Å². The molecule has 2 aromatic heterocycles. The third-order valence-corrected chi connectivity index (χ3v) is 3.97. The molecule has 0 aliphatic heterocycles. The fraction of sp³-hybridized carbons (Fsp3) is 0.462. The Hall–Kier alpha value is -1.13. The summed E-state index contributed by atoms with van der Waals surface area (Å²) in [5, 5.41) is 4.61. The van der Waals surface area contributed by atoms with Gasteiger partial charge in [-0.15, -0.1) is 11.3 Å². The molecule has 3 rings (SSSR count). The van der Waals surface area contributed by atoms with Crippen molar-refractivity contribution in [1.29, 1.82) is 0 Å². The normalized spacial score (nSPS) is 15.4. The van der Waals surface area contributed by atoms with E-state index >= 15 is 0 Å². The van der Waals surface area contributed by atoms with E-state index in [2.05, 4.69) is 17.2 Å². The first-order chi connectivity index (χ1) is 8.33. The fourth-order valence-corrected chi connectivity index (χ4v) is 2.78. The lowest BCUT2D eigenvalue weighted by atomic mass is 10.3. The van der Waals surface area contributed by atoms with Gasteiger partial charge in [0.2, 0.25) is 0 Å². The quantitative estimate of drug-likeness (QED) is 0.883. The topological polar surface area (TPSA) is 38.1 Å². The van der Waals surface area contributed by atoms with Gasteiger partial charge in [0, 0.05) is 11.4 Å². The molecule has 17 heavy (non-hydrogen) atoms. The van der Waals surface area contributed by atoms with E-state index in [9.17, 15) is 0 Å². The Bertz CT molecular complexity index is 485. The maximum absolute atomic E-state index is 5.39. The zero-order chi connectivity index (χ0) is 11.7. The Morgan fingerprint density at radius 2 is 2.41 bits per heavy atom. The van der Waals surface area contributed by atoms with Gasteiger partial charge in [-0.05, 0) is 44.4 Å². The van der Waals surface area contributed by atoms with Crippen LogP contribution >= 0.6 is 11.3 Å². The maximum Gasteiger partial charge on any atom is 0.153 e. The molecule has 0 atom stereocenters. The van der Waals surface area contributed by atoms with E-state index in [4.69, 9.17) is 4.42 Å². The summed E-state index contributed by atoms with van der Waals surface area (Å²) in [6.07, 6.45) is 4.47. The highest BCUT2D eigenvalue weighted by atomic mass is 32.1. The maximum atomic E-state index is 5.39. The molecule has 1 fully saturated rings. The van der Waals surface area contributed by atoms with Gasteiger partial charge in [-0.2, -0.15) is 0 Å². The zero-order valence-electron chi connectivity index (χ0n) is 9.90. The van der Waals surface area contributed by atoms with Crippen molar-refractivity contribution >= 4 is 11.3 Å². The summed E-state index contributed by atoms with van der Waals surface area (Å²) < 4.78 is 5.39. The molecule has 0 bridgehead atoms. The molecule has 2 heterocycles. The van der Waals surface area contributed by atoms with Gasteiger partial charge in [0.05, 0.1) is 6.26 Å². The van der Waals surface area contributed by atoms with Crippen LogP contribution in [0.25, 0.3) is 11.5 Å². The number of aromatic nitrogens is 1. The second-order valence-corrected chi connectivity index (χ2v) is 5.85. The first kappa shape index (κ1) is 11.0. The molecule has 0 saturated heterocycles. The summed E-state index contributed by atoms with van der Waals surface area (Å²) in [4.78, 5) is 5.86. The smallest absolute Gasteiger partial charge is 0.153 e. The Morgan fingerprint density at radius 1 is 1.53 bits per heavy atom. The molecule has 0 radical (unpaired) electrons. The van der Waals surface area contributed by atoms with Crippen LogP contribution in [0.1, 0.15) is 22.7 Å². The molecule has 0 amide bonds. The van der Waals surface area contributed by atoms with Gasteiger partial charge in [0.1, 0.15) is 10.7 Å². The van der Waals surface area contributed by atoms with Crippen LogP contribution in [0.2, 0.25) is 0 Å². The number of furan rings is 1. The molecule has 0 unspecified atom stereocenters. The molecule has 90 valence electrons. The van der Waals surface area contributed by atoms with Gasteiger partial charge >= 0.3 is 0 Å². The van der Waals surface area contributed by atoms with Crippen molar-refractivity contribution in [2.45, 2.75) is 26.3 Å². The van der Waals surface area contributed by atoms with Crippen molar-refractivity contribution in [1.82, 2.24) is 10.3 Å². The number of nitrogens with zero attached hydrogens (tertiary/aromatic N) is 1. The summed E-state index contributed by atoms with van der Waals surface area (Å²) in [5.74, 6) is 1.78. The van der Waals surface area contributed by atoms with Crippen LogP contribution in [0.15, 0.2) is 22.8 Å². The van der Waals surface area contributed by atoms with Crippen molar-refractivity contribution in [3.05, 3.63) is 28.3 Å². The average Bonchev–Trinajstić information content (AvgIpc) is 2.85. The number of rotatable bonds is 5. The van der Waals surface area contributed by atoms with Crippen LogP contribution in [0.3, 0.4) is 0 Å². The van der Waals surface area contributed by atoms with Gasteiger partial charge in [0.25, 0.3) is 0 Å². The molecule has 1 saturated carbocycles. The minimum absolute atomic E-state index is 0.868. The Labute approximate surface area is 105 Å². The number of hydrogen-bond acceptors (Lipinski definition) is 4. The van der Waals surface area contributed by atoms with E-state index < -0.39 is 0 Å². The Balaban J connectivity index is 1.67. The molecule has 3 nitrogen and oxygen atoms in total. The first-order valence-corrected chi connectivity index (χ1v) is 6.85. The van der Waals surface area contributed by atoms with Crippen LogP contribution < -0.4 is 5.32 Å². The highest BCUT2D eigenvalue weighted by Crippen LogP contribution is 2.29. The molecule has 1 N–H and O–H groups in total. The number of thiazole rings is 1. The van der Waals surface area contributed by atoms with Gasteiger partial charge < -0.3 is 9.73 Å². The van der Waals surface area contributed by atoms with Gasteiger partial charge in [-0.1, -0.05) is 0 Å². The number of nitrogens with one attached hydrogen (secondary N) is 1. The van der Waals surface area contributed by atoms with Crippen LogP contribution in [0.4, 0.5) is 0 Å². The van der Waals surface area contributed by atoms with E-state index in [0.717, 1.165) is 35.5 Å². The third kappa shape index (κ3) is 2.58.